The summed E-state index contributed by atoms with van der Waals surface area (Å²) >= 11 is 0. The number of aliphatic hydroxyl groups excluding tert-OH is 1. The zero-order valence-electron chi connectivity index (χ0n) is 22.0. The Bertz CT molecular complexity index is 1090. The van der Waals surface area contributed by atoms with Gasteiger partial charge in [-0.15, -0.1) is 0 Å². The van der Waals surface area contributed by atoms with Crippen LogP contribution in [0.15, 0.2) is 30.5 Å². The second kappa shape index (κ2) is 16.4. The molecule has 12 N–H and O–H groups in total. The van der Waals surface area contributed by atoms with Gasteiger partial charge in [-0.05, 0) is 56.8 Å². The lowest BCUT2D eigenvalue weighted by atomic mass is 10.0. The third-order valence-electron chi connectivity index (χ3n) is 6.42. The van der Waals surface area contributed by atoms with Gasteiger partial charge in [0.25, 0.3) is 0 Å². The van der Waals surface area contributed by atoms with E-state index in [0.29, 0.717) is 45.2 Å². The fraction of sp³-hybridized carbons (Fsp3) is 0.538. The molecular weight excluding hydrogens is 506 g/mol. The number of fused-ring (bicyclic) bond motifs is 1. The Morgan fingerprint density at radius 3 is 2.05 bits per heavy atom. The van der Waals surface area contributed by atoms with Gasteiger partial charge in [0.05, 0.1) is 12.6 Å². The molecule has 1 heterocycles. The first-order valence-corrected chi connectivity index (χ1v) is 13.2. The van der Waals surface area contributed by atoms with E-state index >= 15 is 0 Å². The van der Waals surface area contributed by atoms with Crippen LogP contribution < -0.4 is 33.2 Å². The summed E-state index contributed by atoms with van der Waals surface area (Å²) in [5, 5.41) is 27.0. The molecule has 4 unspecified atom stereocenters. The van der Waals surface area contributed by atoms with Crippen molar-refractivity contribution in [3.63, 3.8) is 0 Å². The van der Waals surface area contributed by atoms with Crippen LogP contribution >= 0.6 is 0 Å². The molecule has 2 rings (SSSR count). The number of aliphatic carboxylic acids is 1. The molecule has 1 aromatic carbocycles. The zero-order chi connectivity index (χ0) is 28.8. The van der Waals surface area contributed by atoms with Crippen LogP contribution in [0, 0.1) is 0 Å². The molecule has 3 amide bonds. The highest BCUT2D eigenvalue weighted by Gasteiger charge is 2.30. The average molecular weight is 548 g/mol. The van der Waals surface area contributed by atoms with E-state index in [1.54, 1.807) is 6.20 Å². The fourth-order valence-electron chi connectivity index (χ4n) is 4.14. The minimum Gasteiger partial charge on any atom is -0.480 e. The number of hydrogen-bond acceptors (Lipinski definition) is 8. The molecule has 0 aliphatic heterocycles. The number of carbonyl (C=O) groups is 4. The second-order valence-corrected chi connectivity index (χ2v) is 9.44. The predicted molar refractivity (Wildman–Crippen MR) is 146 cm³/mol. The molecule has 13 heteroatoms. The molecular formula is C26H41N7O6. The zero-order valence-corrected chi connectivity index (χ0v) is 22.0. The Kier molecular flexibility index (Phi) is 13.4. The van der Waals surface area contributed by atoms with Crippen molar-refractivity contribution in [1.82, 2.24) is 20.9 Å². The number of aromatic nitrogens is 1. The Labute approximate surface area is 227 Å². The van der Waals surface area contributed by atoms with E-state index in [4.69, 9.17) is 17.2 Å². The SMILES string of the molecule is NCCCCC(N)C(=O)NC(Cc1c[nH]c2ccccc12)C(=O)NC(CCCCN)C(=O)NC(CO)C(=O)O. The van der Waals surface area contributed by atoms with E-state index in [9.17, 15) is 29.4 Å². The normalized spacial score (nSPS) is 14.3. The molecule has 0 bridgehead atoms. The smallest absolute Gasteiger partial charge is 0.328 e. The van der Waals surface area contributed by atoms with Gasteiger partial charge >= 0.3 is 5.97 Å². The van der Waals surface area contributed by atoms with Crippen LogP contribution in [0.5, 0.6) is 0 Å². The molecule has 4 atom stereocenters. The van der Waals surface area contributed by atoms with Gasteiger partial charge in [-0.1, -0.05) is 24.6 Å². The Morgan fingerprint density at radius 2 is 1.41 bits per heavy atom. The molecule has 13 nitrogen and oxygen atoms in total. The summed E-state index contributed by atoms with van der Waals surface area (Å²) in [6.07, 6.45) is 4.87. The molecule has 0 aliphatic rings. The Hall–Kier alpha value is -3.52. The fourth-order valence-corrected chi connectivity index (χ4v) is 4.14. The molecule has 0 saturated heterocycles. The molecule has 0 aliphatic carbocycles. The maximum atomic E-state index is 13.5. The first-order valence-electron chi connectivity index (χ1n) is 13.2. The number of nitrogens with two attached hydrogens (primary N) is 3. The van der Waals surface area contributed by atoms with Crippen LogP contribution in [0.3, 0.4) is 0 Å². The van der Waals surface area contributed by atoms with E-state index in [1.807, 2.05) is 24.3 Å². The number of carboxylic acid groups (broad SMARTS) is 1. The van der Waals surface area contributed by atoms with Crippen molar-refractivity contribution in [2.75, 3.05) is 19.7 Å². The maximum Gasteiger partial charge on any atom is 0.328 e. The van der Waals surface area contributed by atoms with Gasteiger partial charge in [0.2, 0.25) is 17.7 Å². The number of nitrogens with one attached hydrogen (secondary N) is 4. The lowest BCUT2D eigenvalue weighted by Gasteiger charge is -2.25. The number of hydrogen-bond donors (Lipinski definition) is 9. The minimum atomic E-state index is -1.53. The van der Waals surface area contributed by atoms with E-state index < -0.39 is 54.5 Å². The number of rotatable bonds is 18. The molecule has 0 spiro atoms. The number of benzene rings is 1. The van der Waals surface area contributed by atoms with Gasteiger partial charge < -0.3 is 48.3 Å². The summed E-state index contributed by atoms with van der Waals surface area (Å²) in [4.78, 5) is 53.7. The number of aliphatic hydroxyl groups is 1. The summed E-state index contributed by atoms with van der Waals surface area (Å²) in [5.74, 6) is -3.32. The van der Waals surface area contributed by atoms with Crippen molar-refractivity contribution in [2.24, 2.45) is 17.2 Å². The van der Waals surface area contributed by atoms with E-state index in [2.05, 4.69) is 20.9 Å². The lowest BCUT2D eigenvalue weighted by molar-refractivity contribution is -0.143. The quantitative estimate of drug-likeness (QED) is 0.102. The number of H-pyrrole nitrogens is 1. The van der Waals surface area contributed by atoms with Crippen LogP contribution in [-0.2, 0) is 25.6 Å². The highest BCUT2D eigenvalue weighted by atomic mass is 16.4. The first kappa shape index (κ1) is 31.7. The van der Waals surface area contributed by atoms with Crippen molar-refractivity contribution >= 4 is 34.6 Å². The molecule has 0 fully saturated rings. The van der Waals surface area contributed by atoms with E-state index in [0.717, 1.165) is 16.5 Å². The first-order chi connectivity index (χ1) is 18.7. The number of unbranched alkanes of at least 4 members (excludes halogenated alkanes) is 2. The van der Waals surface area contributed by atoms with Crippen LogP contribution in [0.2, 0.25) is 0 Å². The molecule has 0 radical (unpaired) electrons. The maximum absolute atomic E-state index is 13.5. The standard InChI is InChI=1S/C26H41N7O6/c27-11-5-3-8-18(29)23(35)32-21(13-16-14-30-19-9-2-1-7-17(16)19)25(37)31-20(10-4-6-12-28)24(36)33-22(15-34)26(38)39/h1-2,7,9,14,18,20-22,30,34H,3-6,8,10-13,15,27-29H2,(H,31,37)(H,32,35)(H,33,36)(H,38,39). The molecule has 0 saturated carbocycles. The van der Waals surface area contributed by atoms with Crippen molar-refractivity contribution in [1.29, 1.82) is 0 Å². The average Bonchev–Trinajstić information content (AvgIpc) is 3.33. The highest BCUT2D eigenvalue weighted by molar-refractivity contribution is 5.94. The third-order valence-corrected chi connectivity index (χ3v) is 6.42. The third kappa shape index (κ3) is 9.94. The monoisotopic (exact) mass is 547 g/mol. The Morgan fingerprint density at radius 1 is 0.821 bits per heavy atom. The van der Waals surface area contributed by atoms with Crippen molar-refractivity contribution in [3.8, 4) is 0 Å². The van der Waals surface area contributed by atoms with Gasteiger partial charge in [0.15, 0.2) is 0 Å². The van der Waals surface area contributed by atoms with Gasteiger partial charge in [-0.25, -0.2) is 4.79 Å². The highest BCUT2D eigenvalue weighted by Crippen LogP contribution is 2.19. The summed E-state index contributed by atoms with van der Waals surface area (Å²) in [5.41, 5.74) is 18.8. The van der Waals surface area contributed by atoms with Crippen LogP contribution in [0.4, 0.5) is 0 Å². The number of carbonyl (C=O) groups excluding carboxylic acids is 3. The van der Waals surface area contributed by atoms with Gasteiger partial charge in [-0.3, -0.25) is 14.4 Å². The summed E-state index contributed by atoms with van der Waals surface area (Å²) < 4.78 is 0. The summed E-state index contributed by atoms with van der Waals surface area (Å²) in [6.45, 7) is 0.0381. The van der Waals surface area contributed by atoms with Crippen LogP contribution in [0.25, 0.3) is 10.9 Å². The van der Waals surface area contributed by atoms with Gasteiger partial charge in [0.1, 0.15) is 18.1 Å². The molecule has 216 valence electrons. The lowest BCUT2D eigenvalue weighted by Crippen LogP contribution is -2.58. The number of carboxylic acids is 1. The summed E-state index contributed by atoms with van der Waals surface area (Å²) in [7, 11) is 0. The second-order valence-electron chi connectivity index (χ2n) is 9.44. The van der Waals surface area contributed by atoms with Gasteiger partial charge in [-0.2, -0.15) is 0 Å². The van der Waals surface area contributed by atoms with E-state index in [1.165, 1.54) is 0 Å². The van der Waals surface area contributed by atoms with Gasteiger partial charge in [0, 0.05) is 23.5 Å². The Balaban J connectivity index is 2.26. The molecule has 1 aromatic heterocycles. The molecule has 2 aromatic rings. The summed E-state index contributed by atoms with van der Waals surface area (Å²) in [6, 6.07) is 2.94. The van der Waals surface area contributed by atoms with Crippen molar-refractivity contribution in [2.45, 2.75) is 69.1 Å². The van der Waals surface area contributed by atoms with Crippen molar-refractivity contribution < 1.29 is 29.4 Å². The van der Waals surface area contributed by atoms with Crippen molar-refractivity contribution in [3.05, 3.63) is 36.0 Å². The molecule has 39 heavy (non-hydrogen) atoms. The number of para-hydroxylation sites is 1. The van der Waals surface area contributed by atoms with E-state index in [-0.39, 0.29) is 12.8 Å². The van der Waals surface area contributed by atoms with Crippen LogP contribution in [-0.4, -0.2) is 82.8 Å². The number of amides is 3. The minimum absolute atomic E-state index is 0.114. The predicted octanol–water partition coefficient (Wildman–Crippen LogP) is -1.17. The number of aromatic amines is 1. The van der Waals surface area contributed by atoms with Crippen LogP contribution in [0.1, 0.15) is 44.1 Å². The largest absolute Gasteiger partial charge is 0.480 e. The topological polar surface area (TPSA) is 239 Å².